The molecule has 1 aliphatic carbocycles. The van der Waals surface area contributed by atoms with Crippen LogP contribution in [0.5, 0.6) is 0 Å². The van der Waals surface area contributed by atoms with E-state index in [9.17, 15) is 14.0 Å². The number of fused-ring (bicyclic) bond motifs is 2. The van der Waals surface area contributed by atoms with E-state index >= 15 is 0 Å². The molecule has 3 aromatic rings. The first-order valence-electron chi connectivity index (χ1n) is 7.03. The third-order valence-electron chi connectivity index (χ3n) is 4.20. The lowest BCUT2D eigenvalue weighted by molar-refractivity contribution is 0.0891. The quantitative estimate of drug-likeness (QED) is 0.631. The van der Waals surface area contributed by atoms with Crippen LogP contribution in [-0.2, 0) is 0 Å². The predicted molar refractivity (Wildman–Crippen MR) is 81.8 cm³/mol. The maximum atomic E-state index is 13.9. The second-order valence-corrected chi connectivity index (χ2v) is 5.39. The first kappa shape index (κ1) is 12.9. The molecule has 0 amide bonds. The molecule has 2 nitrogen and oxygen atoms in total. The Labute approximate surface area is 126 Å². The van der Waals surface area contributed by atoms with Crippen LogP contribution in [0.1, 0.15) is 32.2 Å². The number of benzene rings is 3. The molecule has 0 aromatic heterocycles. The summed E-state index contributed by atoms with van der Waals surface area (Å²) in [5.41, 5.74) is 1.47. The van der Waals surface area contributed by atoms with Gasteiger partial charge in [0.25, 0.3) is 0 Å². The van der Waals surface area contributed by atoms with Gasteiger partial charge >= 0.3 is 0 Å². The third-order valence-corrected chi connectivity index (χ3v) is 4.20. The molecule has 3 heteroatoms. The van der Waals surface area contributed by atoms with Gasteiger partial charge in [-0.05, 0) is 17.0 Å². The van der Waals surface area contributed by atoms with Crippen molar-refractivity contribution >= 4 is 22.3 Å². The van der Waals surface area contributed by atoms with Crippen molar-refractivity contribution in [3.63, 3.8) is 0 Å². The molecule has 106 valence electrons. The van der Waals surface area contributed by atoms with Crippen LogP contribution in [0, 0.1) is 5.82 Å². The van der Waals surface area contributed by atoms with E-state index in [0.29, 0.717) is 27.5 Å². The van der Waals surface area contributed by atoms with E-state index in [0.717, 1.165) is 0 Å². The van der Waals surface area contributed by atoms with E-state index in [1.165, 1.54) is 6.07 Å². The summed E-state index contributed by atoms with van der Waals surface area (Å²) in [4.78, 5) is 25.2. The van der Waals surface area contributed by atoms with Gasteiger partial charge in [-0.2, -0.15) is 0 Å². The topological polar surface area (TPSA) is 34.1 Å². The van der Waals surface area contributed by atoms with Crippen molar-refractivity contribution in [1.82, 2.24) is 0 Å². The van der Waals surface area contributed by atoms with Crippen LogP contribution in [0.3, 0.4) is 0 Å². The Morgan fingerprint density at radius 1 is 0.682 bits per heavy atom. The zero-order valence-corrected chi connectivity index (χ0v) is 11.5. The fourth-order valence-electron chi connectivity index (χ4n) is 3.16. The number of hydrogen-bond acceptors (Lipinski definition) is 2. The number of carbonyl (C=O) groups is 2. The van der Waals surface area contributed by atoms with Crippen LogP contribution in [0.2, 0.25) is 0 Å². The summed E-state index contributed by atoms with van der Waals surface area (Å²) >= 11 is 0. The van der Waals surface area contributed by atoms with Gasteiger partial charge in [0.2, 0.25) is 0 Å². The molecule has 0 saturated heterocycles. The highest BCUT2D eigenvalue weighted by molar-refractivity contribution is 6.30. The average molecular weight is 290 g/mol. The Morgan fingerprint density at radius 2 is 1.23 bits per heavy atom. The largest absolute Gasteiger partial charge is 0.293 e. The lowest BCUT2D eigenvalue weighted by atomic mass is 9.90. The highest BCUT2D eigenvalue weighted by atomic mass is 19.1. The molecule has 0 spiro atoms. The van der Waals surface area contributed by atoms with Crippen molar-refractivity contribution in [1.29, 1.82) is 0 Å². The lowest BCUT2D eigenvalue weighted by Gasteiger charge is -2.11. The number of carbonyl (C=O) groups excluding carboxylic acids is 2. The maximum Gasteiger partial charge on any atom is 0.178 e. The van der Waals surface area contributed by atoms with Crippen molar-refractivity contribution in [2.24, 2.45) is 0 Å². The third kappa shape index (κ3) is 1.65. The Balaban J connectivity index is 1.97. The van der Waals surface area contributed by atoms with E-state index in [1.54, 1.807) is 54.6 Å². The van der Waals surface area contributed by atoms with Crippen molar-refractivity contribution in [2.75, 3.05) is 0 Å². The molecule has 4 rings (SSSR count). The number of hydrogen-bond donors (Lipinski definition) is 0. The summed E-state index contributed by atoms with van der Waals surface area (Å²) in [5.74, 6) is -1.65. The molecule has 0 N–H and O–H groups in total. The smallest absolute Gasteiger partial charge is 0.178 e. The molecule has 0 atom stereocenters. The van der Waals surface area contributed by atoms with Gasteiger partial charge in [-0.3, -0.25) is 9.59 Å². The molecule has 1 aliphatic rings. The van der Waals surface area contributed by atoms with Crippen molar-refractivity contribution in [3.8, 4) is 0 Å². The minimum atomic E-state index is -0.872. The van der Waals surface area contributed by atoms with Gasteiger partial charge < -0.3 is 0 Å². The summed E-state index contributed by atoms with van der Waals surface area (Å²) in [6, 6.07) is 16.6. The molecular formula is C19H11FO2. The minimum Gasteiger partial charge on any atom is -0.293 e. The standard InChI is InChI=1S/C19H11FO2/c20-16-10-9-13(11-5-1-2-6-12(11)16)17-18(21)14-7-3-4-8-15(14)19(17)22/h1-10,17H. The van der Waals surface area contributed by atoms with Crippen LogP contribution in [0.25, 0.3) is 10.8 Å². The van der Waals surface area contributed by atoms with E-state index in [4.69, 9.17) is 0 Å². The van der Waals surface area contributed by atoms with Crippen molar-refractivity contribution < 1.29 is 14.0 Å². The number of Topliss-reactive ketones (excluding diaryl/α,β-unsaturated/α-hetero) is 2. The van der Waals surface area contributed by atoms with E-state index < -0.39 is 5.92 Å². The first-order valence-corrected chi connectivity index (χ1v) is 7.03. The maximum absolute atomic E-state index is 13.9. The van der Waals surface area contributed by atoms with Crippen molar-refractivity contribution in [2.45, 2.75) is 5.92 Å². The zero-order valence-electron chi connectivity index (χ0n) is 11.5. The second-order valence-electron chi connectivity index (χ2n) is 5.39. The highest BCUT2D eigenvalue weighted by Crippen LogP contribution is 2.37. The van der Waals surface area contributed by atoms with E-state index in [2.05, 4.69) is 0 Å². The molecular weight excluding hydrogens is 279 g/mol. The fraction of sp³-hybridized carbons (Fsp3) is 0.0526. The van der Waals surface area contributed by atoms with Crippen LogP contribution >= 0.6 is 0 Å². The van der Waals surface area contributed by atoms with Gasteiger partial charge in [0.05, 0.1) is 0 Å². The lowest BCUT2D eigenvalue weighted by Crippen LogP contribution is -2.13. The molecule has 0 unspecified atom stereocenters. The second kappa shape index (κ2) is 4.60. The normalized spacial score (nSPS) is 14.6. The van der Waals surface area contributed by atoms with Crippen molar-refractivity contribution in [3.05, 3.63) is 83.2 Å². The van der Waals surface area contributed by atoms with Gasteiger partial charge in [0, 0.05) is 16.5 Å². The Morgan fingerprint density at radius 3 is 1.86 bits per heavy atom. The van der Waals surface area contributed by atoms with Gasteiger partial charge in [0.15, 0.2) is 11.6 Å². The Kier molecular flexibility index (Phi) is 2.70. The molecule has 3 aromatic carbocycles. The van der Waals surface area contributed by atoms with E-state index in [1.807, 2.05) is 0 Å². The molecule has 0 radical (unpaired) electrons. The molecule has 0 aliphatic heterocycles. The molecule has 0 fully saturated rings. The zero-order chi connectivity index (χ0) is 15.3. The van der Waals surface area contributed by atoms with Crippen LogP contribution in [0.4, 0.5) is 4.39 Å². The van der Waals surface area contributed by atoms with Gasteiger partial charge in [-0.25, -0.2) is 4.39 Å². The minimum absolute atomic E-state index is 0.211. The molecule has 22 heavy (non-hydrogen) atoms. The fourth-order valence-corrected chi connectivity index (χ4v) is 3.16. The Bertz CT molecular complexity index is 908. The molecule has 0 saturated carbocycles. The number of halogens is 1. The monoisotopic (exact) mass is 290 g/mol. The Hall–Kier alpha value is -2.81. The summed E-state index contributed by atoms with van der Waals surface area (Å²) in [5, 5.41) is 1.04. The summed E-state index contributed by atoms with van der Waals surface area (Å²) in [7, 11) is 0. The SMILES string of the molecule is O=C1c2ccccc2C(=O)C1c1ccc(F)c2ccccc12. The van der Waals surface area contributed by atoms with Crippen LogP contribution in [-0.4, -0.2) is 11.6 Å². The van der Waals surface area contributed by atoms with Gasteiger partial charge in [-0.15, -0.1) is 0 Å². The summed E-state index contributed by atoms with van der Waals surface area (Å²) in [6.45, 7) is 0. The van der Waals surface area contributed by atoms with Gasteiger partial charge in [-0.1, -0.05) is 54.6 Å². The summed E-state index contributed by atoms with van der Waals surface area (Å²) < 4.78 is 13.9. The van der Waals surface area contributed by atoms with Gasteiger partial charge in [0.1, 0.15) is 11.7 Å². The van der Waals surface area contributed by atoms with Crippen LogP contribution in [0.15, 0.2) is 60.7 Å². The van der Waals surface area contributed by atoms with Crippen LogP contribution < -0.4 is 0 Å². The molecule has 0 heterocycles. The number of rotatable bonds is 1. The summed E-state index contributed by atoms with van der Waals surface area (Å²) in [6.07, 6.45) is 0. The average Bonchev–Trinajstić information content (AvgIpc) is 2.81. The predicted octanol–water partition coefficient (Wildman–Crippen LogP) is 4.14. The highest BCUT2D eigenvalue weighted by Gasteiger charge is 2.40. The number of ketones is 2. The molecule has 0 bridgehead atoms. The first-order chi connectivity index (χ1) is 10.7. The van der Waals surface area contributed by atoms with E-state index in [-0.39, 0.29) is 17.4 Å².